The molecule has 2 aromatic rings. The number of hydrogen-bond donors (Lipinski definition) is 0. The average Bonchev–Trinajstić information content (AvgIpc) is 2.84. The van der Waals surface area contributed by atoms with Gasteiger partial charge in [0, 0.05) is 6.07 Å². The van der Waals surface area contributed by atoms with Crippen molar-refractivity contribution in [2.75, 3.05) is 0 Å². The number of aryl methyl sites for hydroxylation is 1. The summed E-state index contributed by atoms with van der Waals surface area (Å²) in [6.07, 6.45) is 1.73. The number of Topliss-reactive ketones (excluding diaryl/α,β-unsaturated/α-hetero) is 1. The summed E-state index contributed by atoms with van der Waals surface area (Å²) in [5, 5.41) is 0. The summed E-state index contributed by atoms with van der Waals surface area (Å²) in [6, 6.07) is 12.6. The van der Waals surface area contributed by atoms with Crippen LogP contribution in [0.5, 0.6) is 11.5 Å². The van der Waals surface area contributed by atoms with Gasteiger partial charge in [-0.2, -0.15) is 0 Å². The average molecular weight is 336 g/mol. The molecule has 0 bridgehead atoms. The second kappa shape index (κ2) is 6.20. The van der Waals surface area contributed by atoms with E-state index in [0.717, 1.165) is 11.1 Å². The van der Waals surface area contributed by atoms with Crippen molar-refractivity contribution in [3.63, 3.8) is 0 Å². The molecule has 1 aliphatic heterocycles. The van der Waals surface area contributed by atoms with Crippen LogP contribution in [0, 0.1) is 12.3 Å². The van der Waals surface area contributed by atoms with Crippen molar-refractivity contribution >= 4 is 17.8 Å². The van der Waals surface area contributed by atoms with Gasteiger partial charge in [0.25, 0.3) is 0 Å². The van der Waals surface area contributed by atoms with Crippen LogP contribution in [0.4, 0.5) is 0 Å². The molecule has 0 saturated heterocycles. The fourth-order valence-electron chi connectivity index (χ4n) is 2.38. The van der Waals surface area contributed by atoms with Crippen molar-refractivity contribution in [1.29, 1.82) is 0 Å². The maximum atomic E-state index is 12.5. The van der Waals surface area contributed by atoms with E-state index in [1.807, 2.05) is 31.2 Å². The molecule has 25 heavy (non-hydrogen) atoms. The van der Waals surface area contributed by atoms with Gasteiger partial charge in [0.1, 0.15) is 11.5 Å². The zero-order valence-corrected chi connectivity index (χ0v) is 14.8. The predicted molar refractivity (Wildman–Crippen MR) is 95.6 cm³/mol. The van der Waals surface area contributed by atoms with Gasteiger partial charge in [-0.1, -0.05) is 24.3 Å². The summed E-state index contributed by atoms with van der Waals surface area (Å²) in [5.41, 5.74) is 1.85. The Kier molecular flexibility index (Phi) is 4.21. The molecule has 128 valence electrons. The normalized spacial score (nSPS) is 15.0. The van der Waals surface area contributed by atoms with Crippen molar-refractivity contribution in [3.05, 3.63) is 64.9 Å². The van der Waals surface area contributed by atoms with Gasteiger partial charge < -0.3 is 9.47 Å². The van der Waals surface area contributed by atoms with E-state index < -0.39 is 5.41 Å². The molecule has 0 aromatic heterocycles. The third kappa shape index (κ3) is 3.48. The first-order chi connectivity index (χ1) is 11.8. The molecule has 4 nitrogen and oxygen atoms in total. The van der Waals surface area contributed by atoms with Gasteiger partial charge >= 0.3 is 5.97 Å². The Morgan fingerprint density at radius 3 is 2.52 bits per heavy atom. The van der Waals surface area contributed by atoms with Gasteiger partial charge in [0.2, 0.25) is 5.78 Å². The lowest BCUT2D eigenvalue weighted by Crippen LogP contribution is -2.25. The molecule has 1 aliphatic rings. The monoisotopic (exact) mass is 336 g/mol. The molecule has 0 radical (unpaired) electrons. The highest BCUT2D eigenvalue weighted by atomic mass is 16.5. The molecular weight excluding hydrogens is 316 g/mol. The number of hydrogen-bond acceptors (Lipinski definition) is 4. The first kappa shape index (κ1) is 17.0. The Morgan fingerprint density at radius 2 is 1.84 bits per heavy atom. The quantitative estimate of drug-likeness (QED) is 0.458. The van der Waals surface area contributed by atoms with E-state index in [1.165, 1.54) is 0 Å². The first-order valence-corrected chi connectivity index (χ1v) is 8.12. The van der Waals surface area contributed by atoms with Crippen LogP contribution < -0.4 is 9.47 Å². The highest BCUT2D eigenvalue weighted by Crippen LogP contribution is 2.35. The van der Waals surface area contributed by atoms with Crippen molar-refractivity contribution in [3.8, 4) is 11.5 Å². The van der Waals surface area contributed by atoms with Crippen molar-refractivity contribution in [2.45, 2.75) is 27.7 Å². The van der Waals surface area contributed by atoms with Crippen LogP contribution in [0.25, 0.3) is 6.08 Å². The number of fused-ring (bicyclic) bond motifs is 1. The van der Waals surface area contributed by atoms with Crippen LogP contribution in [0.2, 0.25) is 0 Å². The number of carbonyl (C=O) groups excluding carboxylic acids is 2. The van der Waals surface area contributed by atoms with E-state index in [-0.39, 0.29) is 17.5 Å². The van der Waals surface area contributed by atoms with Crippen LogP contribution in [0.3, 0.4) is 0 Å². The van der Waals surface area contributed by atoms with Gasteiger partial charge in [-0.3, -0.25) is 9.59 Å². The Labute approximate surface area is 147 Å². The largest absolute Gasteiger partial charge is 0.452 e. The Bertz CT molecular complexity index is 885. The van der Waals surface area contributed by atoms with Crippen molar-refractivity contribution < 1.29 is 19.1 Å². The highest BCUT2D eigenvalue weighted by molar-refractivity contribution is 6.14. The molecule has 1 heterocycles. The molecule has 0 fully saturated rings. The third-order valence-corrected chi connectivity index (χ3v) is 3.94. The maximum Gasteiger partial charge on any atom is 0.316 e. The lowest BCUT2D eigenvalue weighted by atomic mass is 9.97. The minimum atomic E-state index is -0.606. The maximum absolute atomic E-state index is 12.5. The molecule has 0 N–H and O–H groups in total. The first-order valence-electron chi connectivity index (χ1n) is 8.12. The Hall–Kier alpha value is -2.88. The molecule has 3 rings (SSSR count). The predicted octanol–water partition coefficient (Wildman–Crippen LogP) is 4.56. The minimum absolute atomic E-state index is 0.174. The molecule has 4 heteroatoms. The zero-order valence-electron chi connectivity index (χ0n) is 14.8. The zero-order chi connectivity index (χ0) is 18.2. The summed E-state index contributed by atoms with van der Waals surface area (Å²) in [4.78, 5) is 24.5. The second-order valence-electron chi connectivity index (χ2n) is 7.09. The van der Waals surface area contributed by atoms with E-state index in [2.05, 4.69) is 0 Å². The highest BCUT2D eigenvalue weighted by Gasteiger charge is 2.29. The number of esters is 1. The molecule has 0 unspecified atom stereocenters. The van der Waals surface area contributed by atoms with Gasteiger partial charge in [-0.25, -0.2) is 0 Å². The van der Waals surface area contributed by atoms with Crippen LogP contribution >= 0.6 is 0 Å². The summed E-state index contributed by atoms with van der Waals surface area (Å²) in [7, 11) is 0. The van der Waals surface area contributed by atoms with Crippen LogP contribution in [0.1, 0.15) is 42.3 Å². The molecule has 0 spiro atoms. The topological polar surface area (TPSA) is 52.6 Å². The summed E-state index contributed by atoms with van der Waals surface area (Å²) >= 11 is 0. The number of ether oxygens (including phenoxy) is 2. The number of ketones is 1. The van der Waals surface area contributed by atoms with Crippen molar-refractivity contribution in [2.24, 2.45) is 5.41 Å². The smallest absolute Gasteiger partial charge is 0.316 e. The molecule has 2 aromatic carbocycles. The van der Waals surface area contributed by atoms with E-state index in [0.29, 0.717) is 17.1 Å². The van der Waals surface area contributed by atoms with E-state index >= 15 is 0 Å². The lowest BCUT2D eigenvalue weighted by Gasteiger charge is -2.16. The summed E-state index contributed by atoms with van der Waals surface area (Å²) in [6.45, 7) is 7.33. The molecule has 0 atom stereocenters. The van der Waals surface area contributed by atoms with Gasteiger partial charge in [0.15, 0.2) is 5.76 Å². The Morgan fingerprint density at radius 1 is 1.12 bits per heavy atom. The van der Waals surface area contributed by atoms with E-state index in [9.17, 15) is 9.59 Å². The minimum Gasteiger partial charge on any atom is -0.452 e. The van der Waals surface area contributed by atoms with Gasteiger partial charge in [-0.05, 0) is 57.0 Å². The molecule has 0 amide bonds. The third-order valence-electron chi connectivity index (χ3n) is 3.94. The van der Waals surface area contributed by atoms with Crippen LogP contribution in [-0.4, -0.2) is 11.8 Å². The fourth-order valence-corrected chi connectivity index (χ4v) is 2.38. The van der Waals surface area contributed by atoms with Crippen LogP contribution in [0.15, 0.2) is 48.2 Å². The number of benzene rings is 2. The fraction of sp³-hybridized carbons (Fsp3) is 0.238. The number of carbonyl (C=O) groups is 2. The number of allylic oxidation sites excluding steroid dienone is 1. The van der Waals surface area contributed by atoms with Gasteiger partial charge in [0.05, 0.1) is 11.0 Å². The number of rotatable bonds is 2. The standard InChI is InChI=1S/C21H20O4/c1-13-7-5-6-8-14(13)11-18-19(22)16-10-9-15(12-17(16)25-18)24-20(23)21(2,3)4/h5-12H,1-4H3/b18-11+. The van der Waals surface area contributed by atoms with Crippen molar-refractivity contribution in [1.82, 2.24) is 0 Å². The Balaban J connectivity index is 1.87. The van der Waals surface area contributed by atoms with E-state index in [1.54, 1.807) is 45.0 Å². The lowest BCUT2D eigenvalue weighted by molar-refractivity contribution is -0.143. The SMILES string of the molecule is Cc1ccccc1/C=C1/Oc2cc(OC(=O)C(C)(C)C)ccc2C1=O. The van der Waals surface area contributed by atoms with Crippen LogP contribution in [-0.2, 0) is 4.79 Å². The molecule has 0 saturated carbocycles. The van der Waals surface area contributed by atoms with E-state index in [4.69, 9.17) is 9.47 Å². The summed E-state index contributed by atoms with van der Waals surface area (Å²) < 4.78 is 11.1. The molecular formula is C21H20O4. The second-order valence-corrected chi connectivity index (χ2v) is 7.09. The summed E-state index contributed by atoms with van der Waals surface area (Å²) in [5.74, 6) is 0.524. The van der Waals surface area contributed by atoms with Gasteiger partial charge in [-0.15, -0.1) is 0 Å². The molecule has 0 aliphatic carbocycles.